The van der Waals surface area contributed by atoms with Gasteiger partial charge in [-0.15, -0.1) is 0 Å². The number of rotatable bonds is 7. The van der Waals surface area contributed by atoms with Crippen LogP contribution < -0.4 is 9.47 Å². The van der Waals surface area contributed by atoms with E-state index in [1.165, 1.54) is 0 Å². The summed E-state index contributed by atoms with van der Waals surface area (Å²) in [6.07, 6.45) is 1.66. The van der Waals surface area contributed by atoms with Gasteiger partial charge in [0.05, 0.1) is 12.0 Å². The number of methoxy groups -OCH3 is 1. The second-order valence-corrected chi connectivity index (χ2v) is 7.52. The predicted molar refractivity (Wildman–Crippen MR) is 111 cm³/mol. The number of carboxylic acid groups (broad SMARTS) is 1. The topological polar surface area (TPSA) is 76.1 Å². The van der Waals surface area contributed by atoms with Gasteiger partial charge in [-0.3, -0.25) is 14.5 Å². The lowest BCUT2D eigenvalue weighted by Crippen LogP contribution is -2.33. The van der Waals surface area contributed by atoms with E-state index < -0.39 is 18.4 Å². The van der Waals surface area contributed by atoms with Gasteiger partial charge < -0.3 is 14.6 Å². The highest BCUT2D eigenvalue weighted by Crippen LogP contribution is 2.34. The summed E-state index contributed by atoms with van der Waals surface area (Å²) in [7, 11) is 1.54. The molecule has 1 fully saturated rings. The van der Waals surface area contributed by atoms with Crippen LogP contribution >= 0.6 is 24.0 Å². The number of thioether (sulfide) groups is 1. The molecular formula is C20H17NO5S2. The quantitative estimate of drug-likeness (QED) is 0.547. The monoisotopic (exact) mass is 415 g/mol. The van der Waals surface area contributed by atoms with E-state index in [1.807, 2.05) is 30.3 Å². The molecule has 0 radical (unpaired) electrons. The molecule has 0 aliphatic carbocycles. The van der Waals surface area contributed by atoms with E-state index in [4.69, 9.17) is 26.8 Å². The van der Waals surface area contributed by atoms with E-state index in [1.54, 1.807) is 31.4 Å². The summed E-state index contributed by atoms with van der Waals surface area (Å²) in [4.78, 5) is 24.7. The van der Waals surface area contributed by atoms with Crippen molar-refractivity contribution in [2.45, 2.75) is 6.61 Å². The van der Waals surface area contributed by atoms with Crippen molar-refractivity contribution in [3.05, 3.63) is 64.6 Å². The van der Waals surface area contributed by atoms with E-state index in [9.17, 15) is 9.59 Å². The largest absolute Gasteiger partial charge is 0.493 e. The average Bonchev–Trinajstić information content (AvgIpc) is 2.94. The highest BCUT2D eigenvalue weighted by atomic mass is 32.2. The van der Waals surface area contributed by atoms with Crippen LogP contribution in [0.3, 0.4) is 0 Å². The first-order valence-electron chi connectivity index (χ1n) is 8.30. The third kappa shape index (κ3) is 4.71. The van der Waals surface area contributed by atoms with Crippen LogP contribution in [0.2, 0.25) is 0 Å². The number of hydrogen-bond donors (Lipinski definition) is 1. The lowest BCUT2D eigenvalue weighted by molar-refractivity contribution is -0.140. The SMILES string of the molecule is COc1cc(C=C2SC(=S)N(CC(=O)O)C2=O)ccc1OCc1ccccc1. The van der Waals surface area contributed by atoms with Crippen LogP contribution in [0.1, 0.15) is 11.1 Å². The minimum Gasteiger partial charge on any atom is -0.493 e. The van der Waals surface area contributed by atoms with Crippen LogP contribution in [0, 0.1) is 0 Å². The fourth-order valence-electron chi connectivity index (χ4n) is 2.55. The Morgan fingerprint density at radius 1 is 1.21 bits per heavy atom. The zero-order valence-corrected chi connectivity index (χ0v) is 16.6. The second kappa shape index (κ2) is 8.90. The number of aliphatic carboxylic acids is 1. The van der Waals surface area contributed by atoms with E-state index in [-0.39, 0.29) is 4.32 Å². The molecular weight excluding hydrogens is 398 g/mol. The van der Waals surface area contributed by atoms with Gasteiger partial charge in [-0.25, -0.2) is 0 Å². The van der Waals surface area contributed by atoms with Crippen molar-refractivity contribution in [1.29, 1.82) is 0 Å². The second-order valence-electron chi connectivity index (χ2n) is 5.85. The number of hydrogen-bond acceptors (Lipinski definition) is 6. The van der Waals surface area contributed by atoms with Gasteiger partial charge in [-0.1, -0.05) is 60.4 Å². The number of carbonyl (C=O) groups is 2. The van der Waals surface area contributed by atoms with Crippen molar-refractivity contribution in [3.8, 4) is 11.5 Å². The summed E-state index contributed by atoms with van der Waals surface area (Å²) < 4.78 is 11.5. The Kier molecular flexibility index (Phi) is 6.33. The van der Waals surface area contributed by atoms with Gasteiger partial charge in [0, 0.05) is 0 Å². The van der Waals surface area contributed by atoms with Crippen molar-refractivity contribution in [3.63, 3.8) is 0 Å². The summed E-state index contributed by atoms with van der Waals surface area (Å²) in [6.45, 7) is -0.0397. The molecule has 0 unspecified atom stereocenters. The third-order valence-corrected chi connectivity index (χ3v) is 5.27. The Morgan fingerprint density at radius 3 is 2.64 bits per heavy atom. The molecule has 1 heterocycles. The van der Waals surface area contributed by atoms with E-state index in [0.29, 0.717) is 23.0 Å². The Hall–Kier alpha value is -2.84. The van der Waals surface area contributed by atoms with Gasteiger partial charge in [0.2, 0.25) is 0 Å². The fraction of sp³-hybridized carbons (Fsp3) is 0.150. The van der Waals surface area contributed by atoms with E-state index in [0.717, 1.165) is 27.8 Å². The average molecular weight is 415 g/mol. The first kappa shape index (κ1) is 19.9. The molecule has 144 valence electrons. The molecule has 0 aromatic heterocycles. The van der Waals surface area contributed by atoms with Crippen molar-refractivity contribution in [1.82, 2.24) is 4.90 Å². The normalized spacial score (nSPS) is 15.2. The van der Waals surface area contributed by atoms with E-state index >= 15 is 0 Å². The number of ether oxygens (including phenoxy) is 2. The van der Waals surface area contributed by atoms with E-state index in [2.05, 4.69) is 0 Å². The van der Waals surface area contributed by atoms with Crippen LogP contribution in [-0.4, -0.2) is 39.9 Å². The first-order chi connectivity index (χ1) is 13.5. The molecule has 2 aromatic rings. The van der Waals surface area contributed by atoms with Crippen LogP contribution in [-0.2, 0) is 16.2 Å². The minimum atomic E-state index is -1.11. The summed E-state index contributed by atoms with van der Waals surface area (Å²) >= 11 is 6.18. The number of carboxylic acids is 1. The highest BCUT2D eigenvalue weighted by molar-refractivity contribution is 8.26. The number of nitrogens with zero attached hydrogens (tertiary/aromatic N) is 1. The van der Waals surface area contributed by atoms with Crippen LogP contribution in [0.15, 0.2) is 53.4 Å². The Morgan fingerprint density at radius 2 is 1.96 bits per heavy atom. The maximum absolute atomic E-state index is 12.4. The summed E-state index contributed by atoms with van der Waals surface area (Å²) in [5, 5.41) is 8.90. The summed E-state index contributed by atoms with van der Waals surface area (Å²) in [6, 6.07) is 15.1. The molecule has 2 aromatic carbocycles. The molecule has 1 aliphatic rings. The molecule has 1 saturated heterocycles. The number of benzene rings is 2. The van der Waals surface area contributed by atoms with Gasteiger partial charge in [0.25, 0.3) is 5.91 Å². The van der Waals surface area contributed by atoms with Gasteiger partial charge in [-0.05, 0) is 29.3 Å². The predicted octanol–water partition coefficient (Wildman–Crippen LogP) is 3.56. The molecule has 1 aliphatic heterocycles. The lowest BCUT2D eigenvalue weighted by atomic mass is 10.1. The Bertz CT molecular complexity index is 943. The van der Waals surface area contributed by atoms with Crippen molar-refractivity contribution < 1.29 is 24.2 Å². The van der Waals surface area contributed by atoms with Crippen LogP contribution in [0.25, 0.3) is 6.08 Å². The lowest BCUT2D eigenvalue weighted by Gasteiger charge is -2.12. The van der Waals surface area contributed by atoms with Gasteiger partial charge in [0.15, 0.2) is 11.5 Å². The van der Waals surface area contributed by atoms with Crippen molar-refractivity contribution >= 4 is 46.3 Å². The molecule has 0 saturated carbocycles. The molecule has 1 amide bonds. The fourth-order valence-corrected chi connectivity index (χ4v) is 3.81. The number of thiocarbonyl (C=S) groups is 1. The number of amides is 1. The summed E-state index contributed by atoms with van der Waals surface area (Å²) in [5.74, 6) is -0.410. The van der Waals surface area contributed by atoms with Gasteiger partial charge >= 0.3 is 5.97 Å². The minimum absolute atomic E-state index is 0.230. The molecule has 6 nitrogen and oxygen atoms in total. The zero-order chi connectivity index (χ0) is 20.1. The Balaban J connectivity index is 1.76. The Labute approximate surface area is 171 Å². The molecule has 3 rings (SSSR count). The van der Waals surface area contributed by atoms with Crippen molar-refractivity contribution in [2.24, 2.45) is 0 Å². The molecule has 0 atom stereocenters. The van der Waals surface area contributed by atoms with Gasteiger partial charge in [-0.2, -0.15) is 0 Å². The number of carbonyl (C=O) groups excluding carboxylic acids is 1. The van der Waals surface area contributed by atoms with Gasteiger partial charge in [0.1, 0.15) is 17.5 Å². The van der Waals surface area contributed by atoms with Crippen molar-refractivity contribution in [2.75, 3.05) is 13.7 Å². The molecule has 1 N–H and O–H groups in total. The first-order valence-corrected chi connectivity index (χ1v) is 9.52. The molecule has 0 bridgehead atoms. The van der Waals surface area contributed by atoms with Crippen LogP contribution in [0.5, 0.6) is 11.5 Å². The standard InChI is InChI=1S/C20H17NO5S2/c1-25-16-9-14(7-8-15(16)26-12-13-5-3-2-4-6-13)10-17-19(24)21(11-18(22)23)20(27)28-17/h2-10H,11-12H2,1H3,(H,22,23). The maximum atomic E-state index is 12.4. The smallest absolute Gasteiger partial charge is 0.323 e. The zero-order valence-electron chi connectivity index (χ0n) is 15.0. The van der Waals surface area contributed by atoms with Crippen LogP contribution in [0.4, 0.5) is 0 Å². The maximum Gasteiger partial charge on any atom is 0.323 e. The molecule has 8 heteroatoms. The third-order valence-electron chi connectivity index (χ3n) is 3.89. The highest BCUT2D eigenvalue weighted by Gasteiger charge is 2.33. The summed E-state index contributed by atoms with van der Waals surface area (Å²) in [5.41, 5.74) is 1.76. The molecule has 0 spiro atoms. The molecule has 28 heavy (non-hydrogen) atoms.